The molecule has 1 fully saturated rings. The Labute approximate surface area is 173 Å². The Bertz CT molecular complexity index is 780. The molecule has 1 aliphatic carbocycles. The zero-order valence-electron chi connectivity index (χ0n) is 17.9. The lowest BCUT2D eigenvalue weighted by atomic mass is 10.0. The van der Waals surface area contributed by atoms with Crippen LogP contribution in [0.15, 0.2) is 52.3 Å². The number of nitrogens with zero attached hydrogens (tertiary/aromatic N) is 2. The number of hydrogen-bond donors (Lipinski definition) is 1. The normalized spacial score (nSPS) is 16.1. The quantitative estimate of drug-likeness (QED) is 0.262. The van der Waals surface area contributed by atoms with Gasteiger partial charge in [0.25, 0.3) is 5.91 Å². The van der Waals surface area contributed by atoms with Gasteiger partial charge >= 0.3 is 0 Å². The molecule has 29 heavy (non-hydrogen) atoms. The molecule has 2 rings (SSSR count). The maximum absolute atomic E-state index is 13.4. The third-order valence-electron chi connectivity index (χ3n) is 5.21. The first-order valence-corrected chi connectivity index (χ1v) is 9.98. The summed E-state index contributed by atoms with van der Waals surface area (Å²) in [5, 5.41) is 3.41. The molecular formula is C23H32FN3O2. The highest BCUT2D eigenvalue weighted by Gasteiger charge is 2.38. The van der Waals surface area contributed by atoms with E-state index in [2.05, 4.69) is 24.0 Å². The standard InChI is InChI=1S/C23H32FN3O2/c1-6-20(17(2)21(25-4)26-23(3)12-13-23)22(28)27(14-7-15-29-5)16-18-8-10-19(24)11-9-18/h6,8-11,26H,4,7,12-16H2,1-3,5H3/b20-6-,21-17-. The highest BCUT2D eigenvalue weighted by molar-refractivity contribution is 5.97. The van der Waals surface area contributed by atoms with E-state index in [0.717, 1.165) is 24.0 Å². The second kappa shape index (κ2) is 10.3. The van der Waals surface area contributed by atoms with Gasteiger partial charge in [-0.2, -0.15) is 0 Å². The van der Waals surface area contributed by atoms with Gasteiger partial charge in [-0.1, -0.05) is 18.2 Å². The van der Waals surface area contributed by atoms with Crippen LogP contribution in [0.3, 0.4) is 0 Å². The molecule has 1 aliphatic rings. The second-order valence-electron chi connectivity index (χ2n) is 7.72. The molecule has 0 unspecified atom stereocenters. The van der Waals surface area contributed by atoms with Crippen molar-refractivity contribution in [2.24, 2.45) is 4.99 Å². The fraction of sp³-hybridized carbons (Fsp3) is 0.478. The van der Waals surface area contributed by atoms with Crippen molar-refractivity contribution in [1.82, 2.24) is 10.2 Å². The molecule has 0 spiro atoms. The van der Waals surface area contributed by atoms with Crippen molar-refractivity contribution in [2.75, 3.05) is 20.3 Å². The molecule has 0 radical (unpaired) electrons. The summed E-state index contributed by atoms with van der Waals surface area (Å²) in [5.41, 5.74) is 2.27. The number of aliphatic imine (C=N–C) groups is 1. The second-order valence-corrected chi connectivity index (χ2v) is 7.72. The van der Waals surface area contributed by atoms with Crippen molar-refractivity contribution < 1.29 is 13.9 Å². The Balaban J connectivity index is 2.25. The van der Waals surface area contributed by atoms with Gasteiger partial charge in [-0.15, -0.1) is 0 Å². The molecule has 1 N–H and O–H groups in total. The van der Waals surface area contributed by atoms with Crippen molar-refractivity contribution in [3.05, 3.63) is 58.7 Å². The van der Waals surface area contributed by atoms with Crippen LogP contribution in [-0.4, -0.2) is 43.3 Å². The van der Waals surface area contributed by atoms with Gasteiger partial charge in [-0.3, -0.25) is 4.79 Å². The highest BCUT2D eigenvalue weighted by Crippen LogP contribution is 2.36. The molecule has 0 atom stereocenters. The number of rotatable bonds is 11. The lowest BCUT2D eigenvalue weighted by Crippen LogP contribution is -2.34. The Morgan fingerprint density at radius 1 is 1.38 bits per heavy atom. The van der Waals surface area contributed by atoms with Crippen molar-refractivity contribution >= 4 is 12.6 Å². The van der Waals surface area contributed by atoms with Crippen LogP contribution in [0.25, 0.3) is 0 Å². The van der Waals surface area contributed by atoms with Gasteiger partial charge in [0.15, 0.2) is 0 Å². The van der Waals surface area contributed by atoms with E-state index < -0.39 is 0 Å². The van der Waals surface area contributed by atoms with E-state index in [1.165, 1.54) is 12.1 Å². The van der Waals surface area contributed by atoms with Gasteiger partial charge in [0, 0.05) is 43.5 Å². The van der Waals surface area contributed by atoms with E-state index in [0.29, 0.717) is 37.5 Å². The van der Waals surface area contributed by atoms with Crippen LogP contribution in [0.5, 0.6) is 0 Å². The minimum absolute atomic E-state index is 0.0337. The smallest absolute Gasteiger partial charge is 0.254 e. The van der Waals surface area contributed by atoms with Crippen LogP contribution in [0, 0.1) is 5.82 Å². The summed E-state index contributed by atoms with van der Waals surface area (Å²) in [6.07, 6.45) is 4.68. The number of benzene rings is 1. The van der Waals surface area contributed by atoms with Gasteiger partial charge in [0.2, 0.25) is 0 Å². The van der Waals surface area contributed by atoms with Gasteiger partial charge in [0.1, 0.15) is 11.6 Å². The first kappa shape index (κ1) is 22.8. The number of ether oxygens (including phenoxy) is 1. The van der Waals surface area contributed by atoms with E-state index in [4.69, 9.17) is 4.74 Å². The maximum atomic E-state index is 13.4. The summed E-state index contributed by atoms with van der Waals surface area (Å²) in [6, 6.07) is 6.23. The average molecular weight is 402 g/mol. The van der Waals surface area contributed by atoms with E-state index in [1.54, 1.807) is 24.1 Å². The summed E-state index contributed by atoms with van der Waals surface area (Å²) < 4.78 is 18.4. The van der Waals surface area contributed by atoms with Crippen molar-refractivity contribution in [2.45, 2.75) is 52.1 Å². The molecule has 1 amide bonds. The van der Waals surface area contributed by atoms with Crippen LogP contribution in [-0.2, 0) is 16.1 Å². The van der Waals surface area contributed by atoms with E-state index in [-0.39, 0.29) is 17.3 Å². The largest absolute Gasteiger partial charge is 0.385 e. The first-order chi connectivity index (χ1) is 13.8. The molecule has 0 saturated heterocycles. The molecule has 5 nitrogen and oxygen atoms in total. The van der Waals surface area contributed by atoms with Gasteiger partial charge in [-0.05, 0) is 64.4 Å². The van der Waals surface area contributed by atoms with Crippen LogP contribution in [0.2, 0.25) is 0 Å². The Morgan fingerprint density at radius 2 is 2.03 bits per heavy atom. The number of carbonyl (C=O) groups excluding carboxylic acids is 1. The van der Waals surface area contributed by atoms with Crippen molar-refractivity contribution in [1.29, 1.82) is 0 Å². The molecule has 0 heterocycles. The molecular weight excluding hydrogens is 369 g/mol. The predicted molar refractivity (Wildman–Crippen MR) is 115 cm³/mol. The van der Waals surface area contributed by atoms with Crippen LogP contribution in [0.4, 0.5) is 4.39 Å². The average Bonchev–Trinajstić information content (AvgIpc) is 3.44. The van der Waals surface area contributed by atoms with Gasteiger partial charge < -0.3 is 15.0 Å². The van der Waals surface area contributed by atoms with Crippen molar-refractivity contribution in [3.63, 3.8) is 0 Å². The number of methoxy groups -OCH3 is 1. The lowest BCUT2D eigenvalue weighted by Gasteiger charge is -2.25. The molecule has 6 heteroatoms. The topological polar surface area (TPSA) is 53.9 Å². The van der Waals surface area contributed by atoms with E-state index >= 15 is 0 Å². The summed E-state index contributed by atoms with van der Waals surface area (Å²) in [5.74, 6) is 0.264. The molecule has 0 bridgehead atoms. The Kier molecular flexibility index (Phi) is 8.14. The number of hydrogen-bond acceptors (Lipinski definition) is 4. The summed E-state index contributed by atoms with van der Waals surface area (Å²) >= 11 is 0. The molecule has 1 aromatic carbocycles. The predicted octanol–water partition coefficient (Wildman–Crippen LogP) is 4.21. The fourth-order valence-corrected chi connectivity index (χ4v) is 3.11. The maximum Gasteiger partial charge on any atom is 0.254 e. The number of carbonyl (C=O) groups is 1. The Hall–Kier alpha value is -2.47. The number of halogens is 1. The van der Waals surface area contributed by atoms with Crippen LogP contribution < -0.4 is 5.32 Å². The Morgan fingerprint density at radius 3 is 2.55 bits per heavy atom. The summed E-state index contributed by atoms with van der Waals surface area (Å²) in [7, 11) is 1.64. The van der Waals surface area contributed by atoms with E-state index in [1.807, 2.05) is 19.9 Å². The van der Waals surface area contributed by atoms with E-state index in [9.17, 15) is 9.18 Å². The van der Waals surface area contributed by atoms with Gasteiger partial charge in [0.05, 0.1) is 0 Å². The molecule has 0 aromatic heterocycles. The van der Waals surface area contributed by atoms with Gasteiger partial charge in [-0.25, -0.2) is 9.38 Å². The summed E-state index contributed by atoms with van der Waals surface area (Å²) in [6.45, 7) is 11.0. The molecule has 1 saturated carbocycles. The zero-order chi connectivity index (χ0) is 21.4. The minimum atomic E-state index is -0.291. The third-order valence-corrected chi connectivity index (χ3v) is 5.21. The molecule has 0 aliphatic heterocycles. The van der Waals surface area contributed by atoms with Crippen LogP contribution >= 0.6 is 0 Å². The highest BCUT2D eigenvalue weighted by atomic mass is 19.1. The third kappa shape index (κ3) is 6.53. The van der Waals surface area contributed by atoms with Crippen LogP contribution in [0.1, 0.15) is 45.6 Å². The van der Waals surface area contributed by atoms with Crippen molar-refractivity contribution in [3.8, 4) is 0 Å². The number of amides is 1. The zero-order valence-corrected chi connectivity index (χ0v) is 17.9. The molecule has 158 valence electrons. The number of nitrogens with one attached hydrogen (secondary N) is 1. The summed E-state index contributed by atoms with van der Waals surface area (Å²) in [4.78, 5) is 19.3. The monoisotopic (exact) mass is 401 g/mol. The lowest BCUT2D eigenvalue weighted by molar-refractivity contribution is -0.127. The fourth-order valence-electron chi connectivity index (χ4n) is 3.11. The molecule has 1 aromatic rings. The minimum Gasteiger partial charge on any atom is -0.385 e. The number of allylic oxidation sites excluding steroid dienone is 1. The first-order valence-electron chi connectivity index (χ1n) is 9.98. The SMILES string of the molecule is C=N/C(NC1(C)CC1)=C(C)/C(=C/C)C(=O)N(CCCOC)Cc1ccc(F)cc1.